The van der Waals surface area contributed by atoms with Gasteiger partial charge < -0.3 is 9.80 Å². The van der Waals surface area contributed by atoms with Crippen LogP contribution in [-0.4, -0.2) is 53.0 Å². The summed E-state index contributed by atoms with van der Waals surface area (Å²) in [6.07, 6.45) is 5.34. The second kappa shape index (κ2) is 6.22. The Morgan fingerprint density at radius 2 is 2.15 bits per heavy atom. The van der Waals surface area contributed by atoms with Crippen LogP contribution in [0.2, 0.25) is 5.02 Å². The van der Waals surface area contributed by atoms with E-state index in [4.69, 9.17) is 11.6 Å². The summed E-state index contributed by atoms with van der Waals surface area (Å²) in [5, 5.41) is 0.626. The van der Waals surface area contributed by atoms with Crippen molar-refractivity contribution >= 4 is 35.0 Å². The fraction of sp³-hybridized carbons (Fsp3) is 0.571. The van der Waals surface area contributed by atoms with Gasteiger partial charge in [-0.2, -0.15) is 11.8 Å². The van der Waals surface area contributed by atoms with Gasteiger partial charge in [-0.3, -0.25) is 9.78 Å². The molecule has 0 radical (unpaired) electrons. The highest BCUT2D eigenvalue weighted by Crippen LogP contribution is 2.32. The predicted octanol–water partition coefficient (Wildman–Crippen LogP) is 2.28. The molecule has 0 aliphatic carbocycles. The number of aromatic nitrogens is 1. The largest absolute Gasteiger partial charge is 0.358 e. The van der Waals surface area contributed by atoms with Crippen LogP contribution in [0.3, 0.4) is 0 Å². The molecule has 2 fully saturated rings. The van der Waals surface area contributed by atoms with E-state index >= 15 is 0 Å². The Labute approximate surface area is 128 Å². The molecule has 108 valence electrons. The minimum atomic E-state index is -0.0574. The third-order valence-corrected chi connectivity index (χ3v) is 5.15. The van der Waals surface area contributed by atoms with Gasteiger partial charge in [0.1, 0.15) is 6.04 Å². The number of rotatable bonds is 2. The molecule has 1 aromatic rings. The molecule has 0 spiro atoms. The van der Waals surface area contributed by atoms with Crippen molar-refractivity contribution in [1.82, 2.24) is 9.88 Å². The lowest BCUT2D eigenvalue weighted by Gasteiger charge is -2.33. The van der Waals surface area contributed by atoms with Crippen LogP contribution in [0.4, 0.5) is 5.69 Å². The molecule has 1 amide bonds. The van der Waals surface area contributed by atoms with Gasteiger partial charge in [-0.25, -0.2) is 0 Å². The summed E-state index contributed by atoms with van der Waals surface area (Å²) in [5.41, 5.74) is 0.934. The first-order valence-corrected chi connectivity index (χ1v) is 8.53. The normalized spacial score (nSPS) is 23.1. The van der Waals surface area contributed by atoms with E-state index < -0.39 is 0 Å². The monoisotopic (exact) mass is 311 g/mol. The first-order valence-electron chi connectivity index (χ1n) is 7.00. The average molecular weight is 312 g/mol. The molecule has 2 saturated heterocycles. The van der Waals surface area contributed by atoms with Crippen molar-refractivity contribution in [3.63, 3.8) is 0 Å². The van der Waals surface area contributed by atoms with E-state index in [9.17, 15) is 4.79 Å². The number of halogens is 1. The SMILES string of the molecule is O=C([C@H]1CCCN1c1ccncc1Cl)N1CCSCC1. The number of hydrogen-bond acceptors (Lipinski definition) is 4. The lowest BCUT2D eigenvalue weighted by Crippen LogP contribution is -2.48. The van der Waals surface area contributed by atoms with Gasteiger partial charge in [0.05, 0.1) is 10.7 Å². The molecule has 1 atom stereocenters. The zero-order valence-electron chi connectivity index (χ0n) is 11.3. The first kappa shape index (κ1) is 14.0. The summed E-state index contributed by atoms with van der Waals surface area (Å²) in [6, 6.07) is 1.85. The maximum atomic E-state index is 12.7. The van der Waals surface area contributed by atoms with Gasteiger partial charge in [-0.15, -0.1) is 0 Å². The van der Waals surface area contributed by atoms with E-state index in [0.717, 1.165) is 49.7 Å². The summed E-state index contributed by atoms with van der Waals surface area (Å²) in [5.74, 6) is 2.36. The van der Waals surface area contributed by atoms with E-state index in [1.165, 1.54) is 0 Å². The molecule has 0 aromatic carbocycles. The Kier molecular flexibility index (Phi) is 4.36. The highest BCUT2D eigenvalue weighted by atomic mass is 35.5. The fourth-order valence-electron chi connectivity index (χ4n) is 2.91. The molecule has 3 heterocycles. The van der Waals surface area contributed by atoms with Crippen LogP contribution in [0, 0.1) is 0 Å². The third-order valence-electron chi connectivity index (χ3n) is 3.92. The van der Waals surface area contributed by atoms with E-state index in [2.05, 4.69) is 9.88 Å². The number of carbonyl (C=O) groups is 1. The van der Waals surface area contributed by atoms with Crippen molar-refractivity contribution in [3.8, 4) is 0 Å². The highest BCUT2D eigenvalue weighted by Gasteiger charge is 2.35. The van der Waals surface area contributed by atoms with Crippen LogP contribution in [-0.2, 0) is 4.79 Å². The Morgan fingerprint density at radius 3 is 2.90 bits per heavy atom. The third kappa shape index (κ3) is 2.74. The van der Waals surface area contributed by atoms with Crippen molar-refractivity contribution < 1.29 is 4.79 Å². The van der Waals surface area contributed by atoms with Crippen molar-refractivity contribution in [3.05, 3.63) is 23.5 Å². The zero-order valence-corrected chi connectivity index (χ0v) is 12.9. The molecule has 4 nitrogen and oxygen atoms in total. The Balaban J connectivity index is 1.78. The molecule has 0 saturated carbocycles. The molecule has 2 aliphatic rings. The molecule has 1 aromatic heterocycles. The number of hydrogen-bond donors (Lipinski definition) is 0. The number of thioether (sulfide) groups is 1. The van der Waals surface area contributed by atoms with Crippen LogP contribution in [0.25, 0.3) is 0 Å². The number of amides is 1. The molecular weight excluding hydrogens is 294 g/mol. The smallest absolute Gasteiger partial charge is 0.245 e. The summed E-state index contributed by atoms with van der Waals surface area (Å²) < 4.78 is 0. The number of anilines is 1. The second-order valence-corrected chi connectivity index (χ2v) is 6.75. The van der Waals surface area contributed by atoms with E-state index in [1.54, 1.807) is 12.4 Å². The van der Waals surface area contributed by atoms with Crippen molar-refractivity contribution in [2.24, 2.45) is 0 Å². The Morgan fingerprint density at radius 1 is 1.35 bits per heavy atom. The number of pyridine rings is 1. The zero-order chi connectivity index (χ0) is 13.9. The van der Waals surface area contributed by atoms with Crippen LogP contribution < -0.4 is 4.90 Å². The van der Waals surface area contributed by atoms with Crippen LogP contribution in [0.15, 0.2) is 18.5 Å². The van der Waals surface area contributed by atoms with Gasteiger partial charge in [-0.05, 0) is 18.9 Å². The van der Waals surface area contributed by atoms with E-state index in [1.807, 2.05) is 22.7 Å². The second-order valence-electron chi connectivity index (χ2n) is 5.12. The first-order chi connectivity index (χ1) is 9.77. The molecule has 0 N–H and O–H groups in total. The topological polar surface area (TPSA) is 36.4 Å². The van der Waals surface area contributed by atoms with Crippen LogP contribution in [0.1, 0.15) is 12.8 Å². The maximum Gasteiger partial charge on any atom is 0.245 e. The van der Waals surface area contributed by atoms with Gasteiger partial charge in [0.15, 0.2) is 0 Å². The average Bonchev–Trinajstić information content (AvgIpc) is 2.97. The summed E-state index contributed by atoms with van der Waals surface area (Å²) in [6.45, 7) is 2.64. The van der Waals surface area contributed by atoms with E-state index in [0.29, 0.717) is 5.02 Å². The fourth-order valence-corrected chi connectivity index (χ4v) is 4.04. The van der Waals surface area contributed by atoms with Gasteiger partial charge >= 0.3 is 0 Å². The van der Waals surface area contributed by atoms with Crippen molar-refractivity contribution in [2.45, 2.75) is 18.9 Å². The highest BCUT2D eigenvalue weighted by molar-refractivity contribution is 7.99. The molecule has 0 bridgehead atoms. The van der Waals surface area contributed by atoms with Crippen LogP contribution in [0.5, 0.6) is 0 Å². The Bertz CT molecular complexity index is 493. The quantitative estimate of drug-likeness (QED) is 0.839. The minimum Gasteiger partial charge on any atom is -0.358 e. The molecule has 6 heteroatoms. The predicted molar refractivity (Wildman–Crippen MR) is 83.5 cm³/mol. The molecule has 3 rings (SSSR count). The van der Waals surface area contributed by atoms with Crippen molar-refractivity contribution in [1.29, 1.82) is 0 Å². The standard InChI is InChI=1S/C14H18ClN3OS/c15-11-10-16-4-3-12(11)18-5-1-2-13(18)14(19)17-6-8-20-9-7-17/h3-4,10,13H,1-2,5-9H2/t13-/m1/s1. The lowest BCUT2D eigenvalue weighted by molar-refractivity contribution is -0.132. The molecule has 0 unspecified atom stereocenters. The minimum absolute atomic E-state index is 0.0574. The van der Waals surface area contributed by atoms with Crippen molar-refractivity contribution in [2.75, 3.05) is 36.0 Å². The molecule has 20 heavy (non-hydrogen) atoms. The van der Waals surface area contributed by atoms with Gasteiger partial charge in [-0.1, -0.05) is 11.6 Å². The van der Waals surface area contributed by atoms with Gasteiger partial charge in [0.2, 0.25) is 5.91 Å². The van der Waals surface area contributed by atoms with Crippen LogP contribution >= 0.6 is 23.4 Å². The van der Waals surface area contributed by atoms with Gasteiger partial charge in [0.25, 0.3) is 0 Å². The van der Waals surface area contributed by atoms with Gasteiger partial charge in [0, 0.05) is 43.5 Å². The molecule has 2 aliphatic heterocycles. The summed E-state index contributed by atoms with van der Waals surface area (Å²) in [7, 11) is 0. The lowest BCUT2D eigenvalue weighted by atomic mass is 10.1. The molecular formula is C14H18ClN3OS. The van der Waals surface area contributed by atoms with E-state index in [-0.39, 0.29) is 11.9 Å². The summed E-state index contributed by atoms with van der Waals surface area (Å²) in [4.78, 5) is 20.9. The summed E-state index contributed by atoms with van der Waals surface area (Å²) >= 11 is 8.15. The maximum absolute atomic E-state index is 12.7. The Hall–Kier alpha value is -0.940. The number of carbonyl (C=O) groups excluding carboxylic acids is 1. The number of nitrogens with zero attached hydrogens (tertiary/aromatic N) is 3.